The van der Waals surface area contributed by atoms with Crippen LogP contribution in [0.1, 0.15) is 82.5 Å². The number of piperidine rings is 1. The van der Waals surface area contributed by atoms with Crippen LogP contribution in [0.15, 0.2) is 54.6 Å². The number of anilines is 1. The minimum atomic E-state index is -0.607. The lowest BCUT2D eigenvalue weighted by atomic mass is 9.85. The quantitative estimate of drug-likeness (QED) is 0.236. The van der Waals surface area contributed by atoms with E-state index in [-0.39, 0.29) is 18.1 Å². The van der Waals surface area contributed by atoms with E-state index < -0.39 is 5.60 Å². The summed E-state index contributed by atoms with van der Waals surface area (Å²) in [7, 11) is 1.40. The van der Waals surface area contributed by atoms with Crippen LogP contribution in [-0.2, 0) is 9.47 Å². The lowest BCUT2D eigenvalue weighted by Gasteiger charge is -2.41. The number of thiophene rings is 1. The number of hydrogen-bond acceptors (Lipinski definition) is 6. The molecule has 6 nitrogen and oxygen atoms in total. The van der Waals surface area contributed by atoms with Gasteiger partial charge >= 0.3 is 12.1 Å². The number of methoxy groups -OCH3 is 1. The second kappa shape index (κ2) is 10.8. The molecule has 1 fully saturated rings. The third kappa shape index (κ3) is 5.27. The van der Waals surface area contributed by atoms with E-state index in [0.717, 1.165) is 52.8 Å². The fraction of sp³-hybridized carbons (Fsp3) is 0.394. The number of carbonyl (C=O) groups is 2. The molecule has 0 amide bonds. The van der Waals surface area contributed by atoms with E-state index in [0.29, 0.717) is 11.5 Å². The third-order valence-corrected chi connectivity index (χ3v) is 8.90. The van der Waals surface area contributed by atoms with Crippen molar-refractivity contribution in [1.29, 1.82) is 0 Å². The van der Waals surface area contributed by atoms with Crippen molar-refractivity contribution in [2.45, 2.75) is 71.9 Å². The number of para-hydroxylation sites is 1. The number of aryl methyl sites for hydroxylation is 2. The van der Waals surface area contributed by atoms with Gasteiger partial charge in [0.25, 0.3) is 0 Å². The molecule has 2 aromatic heterocycles. The van der Waals surface area contributed by atoms with Crippen LogP contribution < -0.4 is 4.90 Å². The van der Waals surface area contributed by atoms with E-state index in [2.05, 4.69) is 36.1 Å². The van der Waals surface area contributed by atoms with Gasteiger partial charge in [-0.25, -0.2) is 14.2 Å². The lowest BCUT2D eigenvalue weighted by molar-refractivity contribution is 0.0540. The van der Waals surface area contributed by atoms with Crippen molar-refractivity contribution in [3.63, 3.8) is 0 Å². The number of benzene rings is 2. The molecule has 2 atom stereocenters. The van der Waals surface area contributed by atoms with Crippen LogP contribution in [0.3, 0.4) is 0 Å². The largest absolute Gasteiger partial charge is 0.465 e. The molecule has 0 N–H and O–H groups in total. The van der Waals surface area contributed by atoms with Gasteiger partial charge < -0.3 is 14.4 Å². The monoisotopic (exact) mass is 558 g/mol. The Kier molecular flexibility index (Phi) is 7.53. The van der Waals surface area contributed by atoms with Crippen LogP contribution in [0.5, 0.6) is 0 Å². The molecule has 0 spiro atoms. The highest BCUT2D eigenvalue weighted by molar-refractivity contribution is 7.12. The lowest BCUT2D eigenvalue weighted by Crippen LogP contribution is -2.36. The first-order valence-electron chi connectivity index (χ1n) is 13.8. The van der Waals surface area contributed by atoms with Gasteiger partial charge in [-0.2, -0.15) is 0 Å². The van der Waals surface area contributed by atoms with E-state index in [1.165, 1.54) is 16.9 Å². The Morgan fingerprint density at radius 3 is 2.33 bits per heavy atom. The number of rotatable bonds is 4. The molecule has 1 saturated heterocycles. The summed E-state index contributed by atoms with van der Waals surface area (Å²) in [6, 6.07) is 18.5. The topological polar surface area (TPSA) is 60.8 Å². The summed E-state index contributed by atoms with van der Waals surface area (Å²) in [4.78, 5) is 30.9. The van der Waals surface area contributed by atoms with Crippen molar-refractivity contribution in [3.8, 4) is 0 Å². The molecule has 40 heavy (non-hydrogen) atoms. The zero-order valence-electron chi connectivity index (χ0n) is 24.4. The van der Waals surface area contributed by atoms with Gasteiger partial charge in [0.05, 0.1) is 35.6 Å². The zero-order valence-corrected chi connectivity index (χ0v) is 25.2. The van der Waals surface area contributed by atoms with Gasteiger partial charge in [-0.1, -0.05) is 30.3 Å². The minimum absolute atomic E-state index is 0.0600. The van der Waals surface area contributed by atoms with E-state index in [9.17, 15) is 9.59 Å². The fourth-order valence-corrected chi connectivity index (χ4v) is 6.98. The summed E-state index contributed by atoms with van der Waals surface area (Å²) < 4.78 is 12.5. The fourth-order valence-electron chi connectivity index (χ4n) is 5.95. The highest BCUT2D eigenvalue weighted by Gasteiger charge is 2.35. The Bertz CT molecular complexity index is 1560. The number of fused-ring (bicyclic) bond motifs is 1. The molecule has 3 heterocycles. The van der Waals surface area contributed by atoms with Crippen molar-refractivity contribution in [2.75, 3.05) is 18.6 Å². The molecule has 0 saturated carbocycles. The van der Waals surface area contributed by atoms with Gasteiger partial charge in [-0.15, -0.1) is 11.3 Å². The van der Waals surface area contributed by atoms with Crippen LogP contribution in [0.2, 0.25) is 0 Å². The predicted molar refractivity (Wildman–Crippen MR) is 162 cm³/mol. The van der Waals surface area contributed by atoms with E-state index in [1.54, 1.807) is 4.57 Å². The number of nitrogens with zero attached hydrogens (tertiary/aromatic N) is 2. The van der Waals surface area contributed by atoms with Gasteiger partial charge in [0.1, 0.15) is 5.60 Å². The number of ether oxygens (including phenoxy) is 2. The first kappa shape index (κ1) is 28.0. The molecule has 210 valence electrons. The maximum Gasteiger partial charge on any atom is 0.419 e. The van der Waals surface area contributed by atoms with Crippen molar-refractivity contribution >= 4 is 40.0 Å². The maximum atomic E-state index is 13.5. The minimum Gasteiger partial charge on any atom is -0.465 e. The summed E-state index contributed by atoms with van der Waals surface area (Å²) in [5.41, 5.74) is 4.92. The molecule has 0 radical (unpaired) electrons. The number of hydrogen-bond donors (Lipinski definition) is 0. The molecule has 4 aromatic rings. The average Bonchev–Trinajstić information content (AvgIpc) is 3.48. The van der Waals surface area contributed by atoms with Crippen LogP contribution in [0.4, 0.5) is 10.5 Å². The Morgan fingerprint density at radius 1 is 0.975 bits per heavy atom. The first-order valence-corrected chi connectivity index (χ1v) is 14.7. The molecule has 2 aromatic carbocycles. The SMILES string of the molecule is COC(=O)c1ccc([C@@H]2CC(c3ccc(C)s3)CCN2c2c(C)n(C(=O)OC(C)(C)C)c3c(C)cccc23)cc1. The molecule has 1 aliphatic rings. The molecular formula is C33H38N2O4S. The summed E-state index contributed by atoms with van der Waals surface area (Å²) in [6.07, 6.45) is 1.58. The van der Waals surface area contributed by atoms with Gasteiger partial charge in [0, 0.05) is 21.7 Å². The molecule has 0 aliphatic carbocycles. The first-order chi connectivity index (χ1) is 19.0. The van der Waals surface area contributed by atoms with Crippen LogP contribution >= 0.6 is 11.3 Å². The molecule has 7 heteroatoms. The second-order valence-corrected chi connectivity index (χ2v) is 13.0. The number of carbonyl (C=O) groups excluding carboxylic acids is 2. The maximum absolute atomic E-state index is 13.5. The summed E-state index contributed by atoms with van der Waals surface area (Å²) in [5, 5.41) is 1.05. The van der Waals surface area contributed by atoms with Crippen molar-refractivity contribution in [1.82, 2.24) is 4.57 Å². The Labute approximate surface area is 240 Å². The highest BCUT2D eigenvalue weighted by Crippen LogP contribution is 2.47. The van der Waals surface area contributed by atoms with Crippen LogP contribution in [0, 0.1) is 20.8 Å². The number of aromatic nitrogens is 1. The summed E-state index contributed by atoms with van der Waals surface area (Å²) >= 11 is 1.87. The Morgan fingerprint density at radius 2 is 1.70 bits per heavy atom. The third-order valence-electron chi connectivity index (χ3n) is 7.74. The van der Waals surface area contributed by atoms with Gasteiger partial charge in [0.15, 0.2) is 0 Å². The summed E-state index contributed by atoms with van der Waals surface area (Å²) in [6.45, 7) is 12.7. The zero-order chi connectivity index (χ0) is 28.8. The smallest absolute Gasteiger partial charge is 0.419 e. The Hall–Kier alpha value is -3.58. The van der Waals surface area contributed by atoms with Crippen molar-refractivity contribution in [3.05, 3.63) is 86.7 Å². The van der Waals surface area contributed by atoms with Gasteiger partial charge in [-0.05, 0) is 95.7 Å². The second-order valence-electron chi connectivity index (χ2n) is 11.7. The Balaban J connectivity index is 1.64. The highest BCUT2D eigenvalue weighted by atomic mass is 32.1. The van der Waals surface area contributed by atoms with Gasteiger partial charge in [-0.3, -0.25) is 0 Å². The molecular weight excluding hydrogens is 520 g/mol. The van der Waals surface area contributed by atoms with Crippen molar-refractivity contribution in [2.24, 2.45) is 0 Å². The normalized spacial score (nSPS) is 17.7. The molecule has 5 rings (SSSR count). The molecule has 0 bridgehead atoms. The molecule has 1 unspecified atom stereocenters. The predicted octanol–water partition coefficient (Wildman–Crippen LogP) is 8.32. The van der Waals surface area contributed by atoms with Crippen LogP contribution in [-0.4, -0.2) is 35.9 Å². The average molecular weight is 559 g/mol. The summed E-state index contributed by atoms with van der Waals surface area (Å²) in [5.74, 6) is 0.0900. The van der Waals surface area contributed by atoms with Crippen molar-refractivity contribution < 1.29 is 19.1 Å². The molecule has 1 aliphatic heterocycles. The standard InChI is InChI=1S/C33H38N2O4S/c1-20-9-8-10-26-29(20)35(32(37)39-33(4,5)6)22(3)30(26)34-18-17-25(28-16-11-21(2)40-28)19-27(34)23-12-14-24(15-13-23)31(36)38-7/h8-16,25,27H,17-19H2,1-7H3/t25?,27-/m0/s1. The van der Waals surface area contributed by atoms with E-state index in [1.807, 2.05) is 76.3 Å². The van der Waals surface area contributed by atoms with E-state index in [4.69, 9.17) is 9.47 Å². The van der Waals surface area contributed by atoms with Crippen LogP contribution in [0.25, 0.3) is 10.9 Å². The van der Waals surface area contributed by atoms with E-state index >= 15 is 0 Å². The number of esters is 1. The van der Waals surface area contributed by atoms with Gasteiger partial charge in [0.2, 0.25) is 0 Å².